The van der Waals surface area contributed by atoms with Gasteiger partial charge in [-0.3, -0.25) is 14.4 Å². The van der Waals surface area contributed by atoms with Crippen molar-refractivity contribution in [2.45, 2.75) is 45.1 Å². The molecule has 2 aromatic carbocycles. The van der Waals surface area contributed by atoms with Gasteiger partial charge in [0.1, 0.15) is 18.6 Å². The number of benzene rings is 2. The number of aliphatic carboxylic acids is 1. The highest BCUT2D eigenvalue weighted by Crippen LogP contribution is 2.44. The number of aryl methyl sites for hydroxylation is 1. The van der Waals surface area contributed by atoms with Gasteiger partial charge >= 0.3 is 18.2 Å². The molecule has 1 aliphatic rings. The van der Waals surface area contributed by atoms with Crippen LogP contribution in [-0.2, 0) is 32.1 Å². The number of ether oxygens (including phenoxy) is 1. The number of nitrogens with zero attached hydrogens (tertiary/aromatic N) is 1. The molecule has 3 rings (SSSR count). The summed E-state index contributed by atoms with van der Waals surface area (Å²) in [4.78, 5) is 50.3. The summed E-state index contributed by atoms with van der Waals surface area (Å²) in [5, 5.41) is 12.7. The molecule has 12 heteroatoms. The first-order valence-electron chi connectivity index (χ1n) is 10.8. The van der Waals surface area contributed by atoms with E-state index in [1.165, 1.54) is 12.1 Å². The molecule has 36 heavy (non-hydrogen) atoms. The summed E-state index contributed by atoms with van der Waals surface area (Å²) in [7, 11) is 0. The summed E-state index contributed by atoms with van der Waals surface area (Å²) in [6.07, 6.45) is -10.0. The lowest BCUT2D eigenvalue weighted by molar-refractivity contribution is -0.233. The number of alkyl halides is 3. The maximum atomic E-state index is 14.2. The van der Waals surface area contributed by atoms with Crippen molar-refractivity contribution in [2.75, 3.05) is 5.32 Å². The Hall–Kier alpha value is -3.60. The van der Waals surface area contributed by atoms with E-state index in [-0.39, 0.29) is 17.7 Å². The Morgan fingerprint density at radius 2 is 1.83 bits per heavy atom. The number of hydrogen-bond acceptors (Lipinski definition) is 6. The number of para-hydroxylation sites is 1. The number of halogens is 4. The first-order chi connectivity index (χ1) is 16.9. The lowest BCUT2D eigenvalue weighted by Crippen LogP contribution is -2.62. The number of ketones is 1. The fraction of sp³-hybridized carbons (Fsp3) is 0.333. The van der Waals surface area contributed by atoms with Crippen LogP contribution in [0.4, 0.5) is 23.7 Å². The van der Waals surface area contributed by atoms with E-state index in [0.717, 1.165) is 12.5 Å². The normalized spacial score (nSPS) is 16.6. The van der Waals surface area contributed by atoms with Crippen LogP contribution in [0, 0.1) is 5.41 Å². The predicted molar refractivity (Wildman–Crippen MR) is 122 cm³/mol. The van der Waals surface area contributed by atoms with E-state index in [9.17, 15) is 37.5 Å². The van der Waals surface area contributed by atoms with Crippen LogP contribution in [0.1, 0.15) is 30.9 Å². The van der Waals surface area contributed by atoms with E-state index in [4.69, 9.17) is 16.3 Å². The summed E-state index contributed by atoms with van der Waals surface area (Å²) in [6, 6.07) is 12.8. The molecular weight excluding hydrogens is 505 g/mol. The molecule has 0 aromatic heterocycles. The van der Waals surface area contributed by atoms with E-state index in [2.05, 4.69) is 5.32 Å². The second kappa shape index (κ2) is 10.6. The number of carbonyl (C=O) groups is 4. The van der Waals surface area contributed by atoms with Gasteiger partial charge in [0.2, 0.25) is 5.41 Å². The summed E-state index contributed by atoms with van der Waals surface area (Å²) in [6.45, 7) is 0.277. The fourth-order valence-corrected chi connectivity index (χ4v) is 4.19. The molecule has 1 heterocycles. The monoisotopic (exact) mass is 526 g/mol. The fourth-order valence-electron chi connectivity index (χ4n) is 3.97. The highest BCUT2D eigenvalue weighted by molar-refractivity contribution is 6.30. The average Bonchev–Trinajstić information content (AvgIpc) is 2.80. The van der Waals surface area contributed by atoms with Crippen molar-refractivity contribution in [3.05, 3.63) is 64.7 Å². The molecule has 2 atom stereocenters. The molecule has 0 aliphatic carbocycles. The van der Waals surface area contributed by atoms with E-state index in [0.29, 0.717) is 16.3 Å². The first-order valence-corrected chi connectivity index (χ1v) is 11.1. The molecule has 2 unspecified atom stereocenters. The van der Waals surface area contributed by atoms with Crippen LogP contribution in [0.25, 0.3) is 0 Å². The van der Waals surface area contributed by atoms with Gasteiger partial charge in [-0.05, 0) is 49.1 Å². The van der Waals surface area contributed by atoms with Crippen LogP contribution in [0.2, 0.25) is 5.02 Å². The molecule has 0 spiro atoms. The summed E-state index contributed by atoms with van der Waals surface area (Å²) < 4.78 is 47.7. The van der Waals surface area contributed by atoms with Gasteiger partial charge in [0, 0.05) is 17.1 Å². The van der Waals surface area contributed by atoms with Crippen LogP contribution in [0.15, 0.2) is 48.5 Å². The Kier molecular flexibility index (Phi) is 7.92. The van der Waals surface area contributed by atoms with Gasteiger partial charge in [-0.2, -0.15) is 13.2 Å². The van der Waals surface area contributed by atoms with Crippen molar-refractivity contribution in [1.29, 1.82) is 0 Å². The summed E-state index contributed by atoms with van der Waals surface area (Å²) >= 11 is 5.90. The molecule has 0 radical (unpaired) electrons. The standard InChI is InChI=1S/C24H22ClF3N2O6/c1-14(31)12-23(21(33)34,24(26,27)28)20(32)30(19-10-9-16-6-2-3-8-18(16)29-19)22(35)36-13-15-5-4-7-17(25)11-15/h2-8,11,19,29H,9-10,12-13H2,1H3,(H,33,34). The molecule has 8 nitrogen and oxygen atoms in total. The highest BCUT2D eigenvalue weighted by Gasteiger charge is 2.69. The number of carboxylic acid groups (broad SMARTS) is 1. The zero-order chi connectivity index (χ0) is 26.7. The van der Waals surface area contributed by atoms with E-state index in [1.807, 2.05) is 0 Å². The lowest BCUT2D eigenvalue weighted by atomic mass is 9.80. The van der Waals surface area contributed by atoms with Crippen molar-refractivity contribution in [2.24, 2.45) is 5.41 Å². The minimum Gasteiger partial charge on any atom is -0.480 e. The maximum Gasteiger partial charge on any atom is 0.418 e. The molecule has 2 N–H and O–H groups in total. The molecule has 2 aromatic rings. The van der Waals surface area contributed by atoms with Crippen LogP contribution < -0.4 is 5.32 Å². The third-order valence-corrected chi connectivity index (χ3v) is 5.97. The molecule has 192 valence electrons. The Balaban J connectivity index is 2.03. The average molecular weight is 527 g/mol. The largest absolute Gasteiger partial charge is 0.480 e. The van der Waals surface area contributed by atoms with Crippen molar-refractivity contribution < 1.29 is 42.2 Å². The van der Waals surface area contributed by atoms with E-state index < -0.39 is 54.5 Å². The number of carboxylic acids is 1. The minimum atomic E-state index is -5.69. The second-order valence-corrected chi connectivity index (χ2v) is 8.74. The van der Waals surface area contributed by atoms with Gasteiger partial charge in [0.25, 0.3) is 5.91 Å². The molecule has 0 saturated heterocycles. The number of rotatable bonds is 7. The van der Waals surface area contributed by atoms with Crippen molar-refractivity contribution in [1.82, 2.24) is 4.90 Å². The third kappa shape index (κ3) is 5.46. The summed E-state index contributed by atoms with van der Waals surface area (Å²) in [5.41, 5.74) is -2.56. The quantitative estimate of drug-likeness (QED) is 0.498. The van der Waals surface area contributed by atoms with Gasteiger partial charge in [-0.15, -0.1) is 0 Å². The molecule has 0 fully saturated rings. The molecule has 1 aliphatic heterocycles. The van der Waals surface area contributed by atoms with Crippen LogP contribution in [-0.4, -0.2) is 46.1 Å². The number of amides is 2. The Bertz CT molecular complexity index is 1190. The van der Waals surface area contributed by atoms with Crippen LogP contribution >= 0.6 is 11.6 Å². The maximum absolute atomic E-state index is 14.2. The number of Topliss-reactive ketones (excluding diaryl/α,β-unsaturated/α-hetero) is 1. The zero-order valence-corrected chi connectivity index (χ0v) is 19.7. The SMILES string of the molecule is CC(=O)CC(C(=O)O)(C(=O)N(C(=O)OCc1cccc(Cl)c1)C1CCc2ccccc2N1)C(F)(F)F. The highest BCUT2D eigenvalue weighted by atomic mass is 35.5. The van der Waals surface area contributed by atoms with Gasteiger partial charge < -0.3 is 15.2 Å². The Morgan fingerprint density at radius 1 is 1.14 bits per heavy atom. The van der Waals surface area contributed by atoms with Crippen LogP contribution in [0.3, 0.4) is 0 Å². The minimum absolute atomic E-state index is 0.0252. The van der Waals surface area contributed by atoms with Gasteiger partial charge in [-0.1, -0.05) is 41.9 Å². The predicted octanol–water partition coefficient (Wildman–Crippen LogP) is 4.80. The molecule has 2 amide bonds. The molecular formula is C24H22ClF3N2O6. The third-order valence-electron chi connectivity index (χ3n) is 5.73. The van der Waals surface area contributed by atoms with Gasteiger partial charge in [-0.25, -0.2) is 9.69 Å². The van der Waals surface area contributed by atoms with Gasteiger partial charge in [0.05, 0.1) is 0 Å². The van der Waals surface area contributed by atoms with Crippen molar-refractivity contribution in [3.8, 4) is 0 Å². The number of hydrogen-bond donors (Lipinski definition) is 2. The number of anilines is 1. The number of nitrogens with one attached hydrogen (secondary N) is 1. The number of fused-ring (bicyclic) bond motifs is 1. The number of imide groups is 1. The van der Waals surface area contributed by atoms with E-state index in [1.54, 1.807) is 36.4 Å². The second-order valence-electron chi connectivity index (χ2n) is 8.30. The van der Waals surface area contributed by atoms with Crippen molar-refractivity contribution in [3.63, 3.8) is 0 Å². The smallest absolute Gasteiger partial charge is 0.418 e. The Labute approximate surface area is 209 Å². The topological polar surface area (TPSA) is 113 Å². The first kappa shape index (κ1) is 27.0. The number of carbonyl (C=O) groups excluding carboxylic acids is 3. The Morgan fingerprint density at radius 3 is 2.44 bits per heavy atom. The van der Waals surface area contributed by atoms with Crippen molar-refractivity contribution >= 4 is 41.0 Å². The zero-order valence-electron chi connectivity index (χ0n) is 19.0. The van der Waals surface area contributed by atoms with Gasteiger partial charge in [0.15, 0.2) is 0 Å². The lowest BCUT2D eigenvalue weighted by Gasteiger charge is -2.39. The summed E-state index contributed by atoms with van der Waals surface area (Å²) in [5.74, 6) is -5.91. The van der Waals surface area contributed by atoms with Crippen LogP contribution in [0.5, 0.6) is 0 Å². The molecule has 0 bridgehead atoms. The van der Waals surface area contributed by atoms with E-state index >= 15 is 0 Å². The molecule has 0 saturated carbocycles.